The Balaban J connectivity index is 1.86. The number of hydrogen-bond acceptors (Lipinski definition) is 8. The smallest absolute Gasteiger partial charge is 0.245 e. The number of aromatic nitrogens is 3. The van der Waals surface area contributed by atoms with E-state index in [0.29, 0.717) is 5.95 Å². The summed E-state index contributed by atoms with van der Waals surface area (Å²) < 4.78 is 5.22. The van der Waals surface area contributed by atoms with Gasteiger partial charge in [-0.3, -0.25) is 4.90 Å². The van der Waals surface area contributed by atoms with Crippen molar-refractivity contribution in [3.63, 3.8) is 0 Å². The second-order valence-electron chi connectivity index (χ2n) is 4.47. The summed E-state index contributed by atoms with van der Waals surface area (Å²) in [5.74, 6) is 0.492. The number of methoxy groups -OCH3 is 1. The molecule has 0 spiro atoms. The van der Waals surface area contributed by atoms with Gasteiger partial charge in [0.2, 0.25) is 5.95 Å². The van der Waals surface area contributed by atoms with Gasteiger partial charge in [0.25, 0.3) is 0 Å². The van der Waals surface area contributed by atoms with E-state index in [1.165, 1.54) is 0 Å². The molecule has 2 heterocycles. The van der Waals surface area contributed by atoms with Crippen LogP contribution < -0.4 is 11.1 Å². The van der Waals surface area contributed by atoms with E-state index >= 15 is 0 Å². The van der Waals surface area contributed by atoms with E-state index in [9.17, 15) is 5.11 Å². The van der Waals surface area contributed by atoms with Crippen molar-refractivity contribution in [2.24, 2.45) is 0 Å². The van der Waals surface area contributed by atoms with Crippen molar-refractivity contribution >= 4 is 23.4 Å². The molecule has 2 rings (SSSR count). The molecule has 0 aliphatic carbocycles. The number of aliphatic hydroxyl groups excluding tert-OH is 1. The van der Waals surface area contributed by atoms with Gasteiger partial charge in [-0.25, -0.2) is 0 Å². The number of nitrogens with zero attached hydrogens (tertiary/aromatic N) is 4. The molecule has 1 fully saturated rings. The zero-order valence-electron chi connectivity index (χ0n) is 10.7. The summed E-state index contributed by atoms with van der Waals surface area (Å²) in [6, 6.07) is 0.166. The van der Waals surface area contributed by atoms with Gasteiger partial charge < -0.3 is 20.9 Å². The molecule has 2 unspecified atom stereocenters. The van der Waals surface area contributed by atoms with E-state index in [-0.39, 0.29) is 23.2 Å². The maximum atomic E-state index is 9.54. The van der Waals surface area contributed by atoms with Crippen LogP contribution in [0.3, 0.4) is 0 Å². The first-order valence-corrected chi connectivity index (χ1v) is 6.26. The first kappa shape index (κ1) is 14.2. The molecule has 4 N–H and O–H groups in total. The van der Waals surface area contributed by atoms with E-state index in [1.807, 2.05) is 4.90 Å². The lowest BCUT2D eigenvalue weighted by atomic mass is 10.1. The normalized spacial score (nSPS) is 19.8. The van der Waals surface area contributed by atoms with Crippen LogP contribution in [-0.4, -0.2) is 63.8 Å². The maximum absolute atomic E-state index is 9.54. The fourth-order valence-electron chi connectivity index (χ4n) is 2.03. The van der Waals surface area contributed by atoms with Crippen LogP contribution in [-0.2, 0) is 4.74 Å². The number of nitrogen functional groups attached to an aromatic ring is 1. The molecule has 19 heavy (non-hydrogen) atoms. The van der Waals surface area contributed by atoms with Crippen molar-refractivity contribution in [3.8, 4) is 0 Å². The van der Waals surface area contributed by atoms with Gasteiger partial charge in [0.15, 0.2) is 11.0 Å². The Kier molecular flexibility index (Phi) is 4.35. The van der Waals surface area contributed by atoms with Gasteiger partial charge in [0, 0.05) is 20.2 Å². The summed E-state index contributed by atoms with van der Waals surface area (Å²) in [6.45, 7) is 3.13. The highest BCUT2D eigenvalue weighted by Crippen LogP contribution is 2.19. The predicted octanol–water partition coefficient (Wildman–Crippen LogP) is -0.443. The van der Waals surface area contributed by atoms with E-state index in [0.717, 1.165) is 13.1 Å². The van der Waals surface area contributed by atoms with Crippen LogP contribution >= 0.6 is 11.6 Å². The van der Waals surface area contributed by atoms with Crippen molar-refractivity contribution in [3.05, 3.63) is 5.15 Å². The van der Waals surface area contributed by atoms with Crippen LogP contribution in [0.4, 0.5) is 11.8 Å². The van der Waals surface area contributed by atoms with Crippen LogP contribution in [0.5, 0.6) is 0 Å². The molecule has 0 radical (unpaired) electrons. The minimum Gasteiger partial charge on any atom is -0.389 e. The lowest BCUT2D eigenvalue weighted by Gasteiger charge is -2.44. The van der Waals surface area contributed by atoms with Gasteiger partial charge in [-0.05, 0) is 6.92 Å². The second kappa shape index (κ2) is 5.83. The summed E-state index contributed by atoms with van der Waals surface area (Å²) in [4.78, 5) is 5.99. The zero-order valence-corrected chi connectivity index (χ0v) is 11.5. The molecule has 0 bridgehead atoms. The molecule has 106 valence electrons. The molecule has 1 aliphatic rings. The van der Waals surface area contributed by atoms with E-state index in [2.05, 4.69) is 20.5 Å². The fourth-order valence-corrected chi connectivity index (χ4v) is 2.11. The van der Waals surface area contributed by atoms with Crippen molar-refractivity contribution in [1.82, 2.24) is 20.1 Å². The number of rotatable bonds is 5. The molecule has 2 atom stereocenters. The summed E-state index contributed by atoms with van der Waals surface area (Å²) >= 11 is 5.64. The Hall–Kier alpha value is -1.22. The third-order valence-corrected chi connectivity index (χ3v) is 3.20. The highest BCUT2D eigenvalue weighted by Gasteiger charge is 2.35. The number of likely N-dealkylation sites (tertiary alicyclic amines) is 1. The monoisotopic (exact) mass is 288 g/mol. The quantitative estimate of drug-likeness (QED) is 0.669. The van der Waals surface area contributed by atoms with Crippen molar-refractivity contribution < 1.29 is 9.84 Å². The number of ether oxygens (including phenoxy) is 1. The minimum atomic E-state index is -0.546. The number of hydrogen-bond donors (Lipinski definition) is 3. The summed E-state index contributed by atoms with van der Waals surface area (Å²) in [5.41, 5.74) is 5.54. The first-order valence-electron chi connectivity index (χ1n) is 5.88. The Morgan fingerprint density at radius 1 is 1.53 bits per heavy atom. The molecule has 0 amide bonds. The third-order valence-electron chi connectivity index (χ3n) is 2.93. The van der Waals surface area contributed by atoms with E-state index in [4.69, 9.17) is 22.1 Å². The molecular formula is C10H17ClN6O2. The number of aliphatic hydroxyl groups is 1. The largest absolute Gasteiger partial charge is 0.389 e. The van der Waals surface area contributed by atoms with Gasteiger partial charge >= 0.3 is 0 Å². The molecule has 8 nitrogen and oxygen atoms in total. The molecular weight excluding hydrogens is 272 g/mol. The minimum absolute atomic E-state index is 0.0920. The average molecular weight is 289 g/mol. The van der Waals surface area contributed by atoms with Crippen molar-refractivity contribution in [2.75, 3.05) is 31.2 Å². The van der Waals surface area contributed by atoms with E-state index < -0.39 is 6.10 Å². The Morgan fingerprint density at radius 3 is 2.74 bits per heavy atom. The highest BCUT2D eigenvalue weighted by atomic mass is 35.5. The lowest BCUT2D eigenvalue weighted by Crippen LogP contribution is -2.61. The Labute approximate surface area is 115 Å². The van der Waals surface area contributed by atoms with Crippen molar-refractivity contribution in [2.45, 2.75) is 25.3 Å². The van der Waals surface area contributed by atoms with Gasteiger partial charge in [-0.1, -0.05) is 11.6 Å². The number of anilines is 2. The maximum Gasteiger partial charge on any atom is 0.245 e. The second-order valence-corrected chi connectivity index (χ2v) is 4.83. The SMILES string of the molecule is COC(C(C)O)N1CC(Nc2nnc(Cl)c(N)n2)C1. The molecule has 1 saturated heterocycles. The standard InChI is InChI=1S/C10H17ClN6O2/c1-5(18)9(19-2)17-3-6(4-17)13-10-14-8(12)7(11)15-16-10/h5-6,9,18H,3-4H2,1-2H3,(H3,12,13,14,16). The molecule has 1 aromatic heterocycles. The molecule has 1 aromatic rings. The number of nitrogens with one attached hydrogen (secondary N) is 1. The van der Waals surface area contributed by atoms with E-state index in [1.54, 1.807) is 14.0 Å². The molecule has 0 aromatic carbocycles. The van der Waals surface area contributed by atoms with Crippen molar-refractivity contribution in [1.29, 1.82) is 0 Å². The van der Waals surface area contributed by atoms with Crippen LogP contribution in [0.15, 0.2) is 0 Å². The topological polar surface area (TPSA) is 109 Å². The van der Waals surface area contributed by atoms with Gasteiger partial charge in [-0.15, -0.1) is 10.2 Å². The fraction of sp³-hybridized carbons (Fsp3) is 0.700. The number of nitrogens with two attached hydrogens (primary N) is 1. The van der Waals surface area contributed by atoms with Gasteiger partial charge in [0.1, 0.15) is 6.23 Å². The van der Waals surface area contributed by atoms with Gasteiger partial charge in [0.05, 0.1) is 12.1 Å². The molecule has 1 aliphatic heterocycles. The van der Waals surface area contributed by atoms with Crippen LogP contribution in [0.1, 0.15) is 6.92 Å². The summed E-state index contributed by atoms with van der Waals surface area (Å²) in [6.07, 6.45) is -0.845. The molecule has 0 saturated carbocycles. The van der Waals surface area contributed by atoms with Gasteiger partial charge in [-0.2, -0.15) is 4.98 Å². The average Bonchev–Trinajstić information content (AvgIpc) is 2.31. The van der Waals surface area contributed by atoms with Crippen LogP contribution in [0.25, 0.3) is 0 Å². The lowest BCUT2D eigenvalue weighted by molar-refractivity contribution is -0.125. The summed E-state index contributed by atoms with van der Waals surface area (Å²) in [5, 5.41) is 20.2. The zero-order chi connectivity index (χ0) is 14.0. The summed E-state index contributed by atoms with van der Waals surface area (Å²) in [7, 11) is 1.57. The molecule has 9 heteroatoms. The highest BCUT2D eigenvalue weighted by molar-refractivity contribution is 6.31. The Morgan fingerprint density at radius 2 is 2.21 bits per heavy atom. The van der Waals surface area contributed by atoms with Crippen LogP contribution in [0, 0.1) is 0 Å². The predicted molar refractivity (Wildman–Crippen MR) is 70.7 cm³/mol. The first-order chi connectivity index (χ1) is 9.01. The van der Waals surface area contributed by atoms with Crippen LogP contribution in [0.2, 0.25) is 5.15 Å². The third kappa shape index (κ3) is 3.21. The number of halogens is 1. The Bertz CT molecular complexity index is 440.